The standard InChI is InChI=1S/C23H37N5O3.HI/c1-4-24-23(26-14-18(15(2)3)27-9-11-31-12-10-27)25-7-8-28-21(29)19-16-5-6-17(13-16)20(19)22(28)30;/h5-6,15-20H,4,7-14H2,1-3H3,(H2,24,25,26);1H. The SMILES string of the molecule is CCNC(=NCC(C(C)C)N1CCOCC1)NCCN1C(=O)C2C3C=CC(C3)C2C1=O.I. The molecule has 9 heteroatoms. The average Bonchev–Trinajstić information content (AvgIpc) is 3.44. The molecule has 0 spiro atoms. The summed E-state index contributed by atoms with van der Waals surface area (Å²) in [7, 11) is 0. The fourth-order valence-electron chi connectivity index (χ4n) is 5.65. The molecule has 2 bridgehead atoms. The van der Waals surface area contributed by atoms with E-state index in [0.29, 0.717) is 31.6 Å². The Morgan fingerprint density at radius 1 is 1.12 bits per heavy atom. The number of nitrogens with one attached hydrogen (secondary N) is 2. The van der Waals surface area contributed by atoms with Crippen LogP contribution in [0.3, 0.4) is 0 Å². The van der Waals surface area contributed by atoms with Crippen LogP contribution >= 0.6 is 24.0 Å². The topological polar surface area (TPSA) is 86.3 Å². The van der Waals surface area contributed by atoms with Crippen molar-refractivity contribution in [2.24, 2.45) is 34.6 Å². The molecule has 3 fully saturated rings. The summed E-state index contributed by atoms with van der Waals surface area (Å²) in [5, 5.41) is 6.61. The Kier molecular flexibility index (Phi) is 8.97. The van der Waals surface area contributed by atoms with Gasteiger partial charge < -0.3 is 15.4 Å². The van der Waals surface area contributed by atoms with Gasteiger partial charge in [-0.05, 0) is 31.1 Å². The van der Waals surface area contributed by atoms with E-state index in [1.807, 2.05) is 6.92 Å². The van der Waals surface area contributed by atoms with Crippen molar-refractivity contribution in [2.45, 2.75) is 33.2 Å². The second kappa shape index (κ2) is 11.3. The van der Waals surface area contributed by atoms with Crippen LogP contribution in [0.25, 0.3) is 0 Å². The lowest BCUT2D eigenvalue weighted by Crippen LogP contribution is -2.48. The molecule has 5 unspecified atom stereocenters. The number of imide groups is 1. The third-order valence-electron chi connectivity index (χ3n) is 7.25. The van der Waals surface area contributed by atoms with Gasteiger partial charge in [0, 0.05) is 38.8 Å². The minimum Gasteiger partial charge on any atom is -0.379 e. The zero-order chi connectivity index (χ0) is 22.0. The number of hydrogen-bond acceptors (Lipinski definition) is 5. The predicted octanol–water partition coefficient (Wildman–Crippen LogP) is 1.32. The third kappa shape index (κ3) is 5.14. The van der Waals surface area contributed by atoms with Gasteiger partial charge in [-0.2, -0.15) is 0 Å². The number of hydrogen-bond donors (Lipinski definition) is 2. The van der Waals surface area contributed by atoms with Gasteiger partial charge in [0.15, 0.2) is 5.96 Å². The molecule has 1 saturated carbocycles. The molecule has 2 saturated heterocycles. The minimum absolute atomic E-state index is 0. The zero-order valence-corrected chi connectivity index (χ0v) is 21.8. The van der Waals surface area contributed by atoms with Crippen LogP contribution in [0.4, 0.5) is 0 Å². The van der Waals surface area contributed by atoms with E-state index in [1.165, 1.54) is 4.90 Å². The first-order valence-corrected chi connectivity index (χ1v) is 11.9. The van der Waals surface area contributed by atoms with Crippen molar-refractivity contribution in [2.75, 3.05) is 52.5 Å². The molecule has 4 aliphatic rings. The molecule has 0 aromatic heterocycles. The quantitative estimate of drug-likeness (QED) is 0.154. The fourth-order valence-corrected chi connectivity index (χ4v) is 5.65. The maximum Gasteiger partial charge on any atom is 0.233 e. The van der Waals surface area contributed by atoms with Crippen molar-refractivity contribution < 1.29 is 14.3 Å². The Morgan fingerprint density at radius 2 is 1.75 bits per heavy atom. The van der Waals surface area contributed by atoms with Crippen LogP contribution in [-0.2, 0) is 14.3 Å². The van der Waals surface area contributed by atoms with Crippen molar-refractivity contribution in [3.05, 3.63) is 12.2 Å². The predicted molar refractivity (Wildman–Crippen MR) is 135 cm³/mol. The van der Waals surface area contributed by atoms with E-state index in [-0.39, 0.29) is 59.5 Å². The highest BCUT2D eigenvalue weighted by Crippen LogP contribution is 2.52. The summed E-state index contributed by atoms with van der Waals surface area (Å²) in [6.45, 7) is 12.3. The second-order valence-electron chi connectivity index (χ2n) is 9.43. The minimum atomic E-state index is -0.121. The summed E-state index contributed by atoms with van der Waals surface area (Å²) < 4.78 is 5.49. The summed E-state index contributed by atoms with van der Waals surface area (Å²) >= 11 is 0. The van der Waals surface area contributed by atoms with Gasteiger partial charge in [-0.15, -0.1) is 24.0 Å². The normalized spacial score (nSPS) is 30.6. The molecule has 2 aliphatic carbocycles. The Hall–Kier alpha value is -1.20. The van der Waals surface area contributed by atoms with Crippen LogP contribution in [0.15, 0.2) is 17.1 Å². The van der Waals surface area contributed by atoms with Gasteiger partial charge in [0.1, 0.15) is 0 Å². The number of halogens is 1. The first-order chi connectivity index (χ1) is 15.0. The van der Waals surface area contributed by atoms with Crippen LogP contribution in [0.2, 0.25) is 0 Å². The lowest BCUT2D eigenvalue weighted by Gasteiger charge is -2.36. The van der Waals surface area contributed by atoms with Crippen molar-refractivity contribution in [1.29, 1.82) is 0 Å². The van der Waals surface area contributed by atoms with E-state index in [2.05, 4.69) is 41.5 Å². The largest absolute Gasteiger partial charge is 0.379 e. The molecule has 4 rings (SSSR count). The Morgan fingerprint density at radius 3 is 2.31 bits per heavy atom. The van der Waals surface area contributed by atoms with Crippen molar-refractivity contribution in [3.8, 4) is 0 Å². The molecular weight excluding hydrogens is 521 g/mol. The number of nitrogens with zero attached hydrogens (tertiary/aromatic N) is 3. The smallest absolute Gasteiger partial charge is 0.233 e. The van der Waals surface area contributed by atoms with Gasteiger partial charge in [0.25, 0.3) is 0 Å². The average molecular weight is 559 g/mol. The summed E-state index contributed by atoms with van der Waals surface area (Å²) in [4.78, 5) is 34.4. The van der Waals surface area contributed by atoms with Crippen molar-refractivity contribution >= 4 is 41.8 Å². The first kappa shape index (κ1) is 25.4. The molecule has 5 atom stereocenters. The lowest BCUT2D eigenvalue weighted by atomic mass is 9.85. The Labute approximate surface area is 208 Å². The van der Waals surface area contributed by atoms with Gasteiger partial charge >= 0.3 is 0 Å². The Balaban J connectivity index is 0.00000289. The molecule has 32 heavy (non-hydrogen) atoms. The molecule has 180 valence electrons. The van der Waals surface area contributed by atoms with E-state index in [9.17, 15) is 9.59 Å². The molecule has 2 aliphatic heterocycles. The van der Waals surface area contributed by atoms with E-state index in [4.69, 9.17) is 9.73 Å². The monoisotopic (exact) mass is 559 g/mol. The number of carbonyl (C=O) groups is 2. The number of guanidine groups is 1. The highest BCUT2D eigenvalue weighted by atomic mass is 127. The molecular formula is C23H38IN5O3. The highest BCUT2D eigenvalue weighted by Gasteiger charge is 2.58. The summed E-state index contributed by atoms with van der Waals surface area (Å²) in [5.74, 6) is 1.54. The van der Waals surface area contributed by atoms with Gasteiger partial charge in [-0.3, -0.25) is 24.4 Å². The number of fused-ring (bicyclic) bond motifs is 5. The molecule has 0 radical (unpaired) electrons. The Bertz CT molecular complexity index is 707. The van der Waals surface area contributed by atoms with E-state index >= 15 is 0 Å². The second-order valence-corrected chi connectivity index (χ2v) is 9.43. The number of rotatable bonds is 8. The summed E-state index contributed by atoms with van der Waals surface area (Å²) in [6.07, 6.45) is 5.24. The molecule has 2 N–H and O–H groups in total. The number of amides is 2. The van der Waals surface area contributed by atoms with Crippen LogP contribution in [-0.4, -0.2) is 86.1 Å². The summed E-state index contributed by atoms with van der Waals surface area (Å²) in [6, 6.07) is 0.364. The molecule has 8 nitrogen and oxygen atoms in total. The lowest BCUT2D eigenvalue weighted by molar-refractivity contribution is -0.140. The van der Waals surface area contributed by atoms with Crippen LogP contribution in [0.1, 0.15) is 27.2 Å². The molecule has 2 amide bonds. The van der Waals surface area contributed by atoms with Gasteiger partial charge in [-0.1, -0.05) is 26.0 Å². The fraction of sp³-hybridized carbons (Fsp3) is 0.783. The van der Waals surface area contributed by atoms with Gasteiger partial charge in [0.2, 0.25) is 11.8 Å². The molecule has 0 aromatic rings. The van der Waals surface area contributed by atoms with Crippen LogP contribution in [0, 0.1) is 29.6 Å². The zero-order valence-electron chi connectivity index (χ0n) is 19.5. The number of carbonyl (C=O) groups excluding carboxylic acids is 2. The molecule has 0 aromatic carbocycles. The number of morpholine rings is 1. The number of allylic oxidation sites excluding steroid dienone is 2. The van der Waals surface area contributed by atoms with Gasteiger partial charge in [-0.25, -0.2) is 0 Å². The van der Waals surface area contributed by atoms with E-state index < -0.39 is 0 Å². The van der Waals surface area contributed by atoms with Crippen molar-refractivity contribution in [3.63, 3.8) is 0 Å². The maximum atomic E-state index is 12.8. The van der Waals surface area contributed by atoms with E-state index in [1.54, 1.807) is 0 Å². The first-order valence-electron chi connectivity index (χ1n) is 11.9. The van der Waals surface area contributed by atoms with E-state index in [0.717, 1.165) is 45.2 Å². The number of aliphatic imine (C=N–C) groups is 1. The summed E-state index contributed by atoms with van der Waals surface area (Å²) in [5.41, 5.74) is 0. The maximum absolute atomic E-state index is 12.8. The number of likely N-dealkylation sites (tertiary alicyclic amines) is 1. The number of ether oxygens (including phenoxy) is 1. The molecule has 2 heterocycles. The van der Waals surface area contributed by atoms with Crippen LogP contribution < -0.4 is 10.6 Å². The van der Waals surface area contributed by atoms with Crippen LogP contribution in [0.5, 0.6) is 0 Å². The van der Waals surface area contributed by atoms with Crippen molar-refractivity contribution in [1.82, 2.24) is 20.4 Å². The van der Waals surface area contributed by atoms with Gasteiger partial charge in [0.05, 0.1) is 31.6 Å². The highest BCUT2D eigenvalue weighted by molar-refractivity contribution is 14.0. The third-order valence-corrected chi connectivity index (χ3v) is 7.25.